The van der Waals surface area contributed by atoms with E-state index in [0.29, 0.717) is 22.5 Å². The Bertz CT molecular complexity index is 701. The molecule has 1 aromatic carbocycles. The molecule has 2 aliphatic rings. The third-order valence-corrected chi connectivity index (χ3v) is 6.02. The number of carbonyl (C=O) groups is 1. The van der Waals surface area contributed by atoms with Gasteiger partial charge in [-0.1, -0.05) is 0 Å². The molecule has 22 heavy (non-hydrogen) atoms. The molecular weight excluding hydrogens is 374 g/mol. The first-order valence-electron chi connectivity index (χ1n) is 6.95. The summed E-state index contributed by atoms with van der Waals surface area (Å²) in [6.07, 6.45) is 2.02. The molecule has 1 aromatic rings. The van der Waals surface area contributed by atoms with Gasteiger partial charge in [-0.25, -0.2) is 13.1 Å². The fourth-order valence-corrected chi connectivity index (χ4v) is 4.64. The fraction of sp³-hybridized carbons (Fsp3) is 0.462. The molecule has 120 valence electrons. The van der Waals surface area contributed by atoms with Gasteiger partial charge in [0.2, 0.25) is 10.0 Å². The molecule has 7 nitrogen and oxygen atoms in total. The van der Waals surface area contributed by atoms with Crippen LogP contribution in [0.3, 0.4) is 0 Å². The van der Waals surface area contributed by atoms with E-state index in [-0.39, 0.29) is 23.5 Å². The highest BCUT2D eigenvalue weighted by molar-refractivity contribution is 9.10. The topological polar surface area (TPSA) is 96.5 Å². The number of ether oxygens (including phenoxy) is 1. The normalized spacial score (nSPS) is 21.1. The Morgan fingerprint density at radius 3 is 2.95 bits per heavy atom. The van der Waals surface area contributed by atoms with E-state index in [1.165, 1.54) is 12.1 Å². The maximum Gasteiger partial charge on any atom is 0.262 e. The Morgan fingerprint density at radius 1 is 1.41 bits per heavy atom. The molecule has 0 spiro atoms. The van der Waals surface area contributed by atoms with Crippen molar-refractivity contribution < 1.29 is 17.9 Å². The van der Waals surface area contributed by atoms with Gasteiger partial charge in [0.05, 0.1) is 10.6 Å². The van der Waals surface area contributed by atoms with Crippen LogP contribution in [0.25, 0.3) is 0 Å². The van der Waals surface area contributed by atoms with Gasteiger partial charge in [0.15, 0.2) is 6.61 Å². The second-order valence-electron chi connectivity index (χ2n) is 5.26. The summed E-state index contributed by atoms with van der Waals surface area (Å²) < 4.78 is 33.2. The van der Waals surface area contributed by atoms with Crippen molar-refractivity contribution in [1.82, 2.24) is 10.0 Å². The molecule has 9 heteroatoms. The zero-order valence-electron chi connectivity index (χ0n) is 11.7. The third-order valence-electron chi connectivity index (χ3n) is 3.64. The summed E-state index contributed by atoms with van der Waals surface area (Å²) in [5.41, 5.74) is 0.458. The maximum atomic E-state index is 12.4. The van der Waals surface area contributed by atoms with Crippen LogP contribution in [0.5, 0.6) is 5.75 Å². The molecule has 1 amide bonds. The van der Waals surface area contributed by atoms with Gasteiger partial charge >= 0.3 is 0 Å². The number of sulfonamides is 1. The largest absolute Gasteiger partial charge is 0.482 e. The summed E-state index contributed by atoms with van der Waals surface area (Å²) >= 11 is 3.24. The lowest BCUT2D eigenvalue weighted by Crippen LogP contribution is -2.37. The first-order valence-corrected chi connectivity index (χ1v) is 9.22. The summed E-state index contributed by atoms with van der Waals surface area (Å²) in [5, 5.41) is 5.88. The van der Waals surface area contributed by atoms with E-state index in [1.54, 1.807) is 0 Å². The second kappa shape index (κ2) is 6.15. The quantitative estimate of drug-likeness (QED) is 0.707. The Labute approximate surface area is 137 Å². The number of hydrogen-bond donors (Lipinski definition) is 3. The fourth-order valence-electron chi connectivity index (χ4n) is 2.51. The van der Waals surface area contributed by atoms with Gasteiger partial charge in [0, 0.05) is 23.1 Å². The molecule has 0 aromatic heterocycles. The Kier molecular flexibility index (Phi) is 4.40. The van der Waals surface area contributed by atoms with Crippen LogP contribution in [0.15, 0.2) is 21.5 Å². The van der Waals surface area contributed by atoms with Crippen LogP contribution >= 0.6 is 15.9 Å². The zero-order chi connectivity index (χ0) is 15.7. The molecule has 1 fully saturated rings. The minimum atomic E-state index is -3.66. The van der Waals surface area contributed by atoms with E-state index < -0.39 is 10.0 Å². The summed E-state index contributed by atoms with van der Waals surface area (Å²) in [7, 11) is -3.66. The lowest BCUT2D eigenvalue weighted by atomic mass is 10.2. The molecule has 1 saturated heterocycles. The minimum Gasteiger partial charge on any atom is -0.482 e. The predicted molar refractivity (Wildman–Crippen MR) is 84.5 cm³/mol. The van der Waals surface area contributed by atoms with Crippen molar-refractivity contribution in [3.8, 4) is 5.75 Å². The van der Waals surface area contributed by atoms with Gasteiger partial charge in [0.1, 0.15) is 5.75 Å². The van der Waals surface area contributed by atoms with Crippen molar-refractivity contribution >= 4 is 37.5 Å². The number of rotatable bonds is 4. The van der Waals surface area contributed by atoms with Gasteiger partial charge in [-0.05, 0) is 41.4 Å². The third kappa shape index (κ3) is 3.27. The summed E-state index contributed by atoms with van der Waals surface area (Å²) in [6, 6.07) is 3.12. The zero-order valence-corrected chi connectivity index (χ0v) is 14.1. The number of anilines is 1. The van der Waals surface area contributed by atoms with Crippen molar-refractivity contribution in [3.63, 3.8) is 0 Å². The van der Waals surface area contributed by atoms with Gasteiger partial charge in [-0.2, -0.15) is 0 Å². The summed E-state index contributed by atoms with van der Waals surface area (Å²) in [5.74, 6) is 0.0857. The number of hydrogen-bond acceptors (Lipinski definition) is 5. The van der Waals surface area contributed by atoms with E-state index >= 15 is 0 Å². The molecule has 0 bridgehead atoms. The molecule has 3 rings (SSSR count). The van der Waals surface area contributed by atoms with Crippen LogP contribution in [-0.4, -0.2) is 40.1 Å². The van der Waals surface area contributed by atoms with Gasteiger partial charge in [-0.15, -0.1) is 0 Å². The highest BCUT2D eigenvalue weighted by Gasteiger charge is 2.25. The summed E-state index contributed by atoms with van der Waals surface area (Å²) in [4.78, 5) is 11.4. The van der Waals surface area contributed by atoms with Crippen LogP contribution in [0, 0.1) is 0 Å². The minimum absolute atomic E-state index is 0.0976. The van der Waals surface area contributed by atoms with E-state index in [9.17, 15) is 13.2 Å². The van der Waals surface area contributed by atoms with Crippen molar-refractivity contribution in [2.24, 2.45) is 0 Å². The van der Waals surface area contributed by atoms with E-state index in [4.69, 9.17) is 4.74 Å². The number of nitrogens with one attached hydrogen (secondary N) is 3. The van der Waals surface area contributed by atoms with Crippen molar-refractivity contribution in [2.45, 2.75) is 23.8 Å². The highest BCUT2D eigenvalue weighted by atomic mass is 79.9. The van der Waals surface area contributed by atoms with Crippen LogP contribution in [0.2, 0.25) is 0 Å². The van der Waals surface area contributed by atoms with Crippen LogP contribution in [0.1, 0.15) is 12.8 Å². The molecule has 3 N–H and O–H groups in total. The first-order chi connectivity index (χ1) is 10.5. The van der Waals surface area contributed by atoms with E-state index in [0.717, 1.165) is 19.4 Å². The monoisotopic (exact) mass is 389 g/mol. The Hall–Kier alpha value is -1.16. The van der Waals surface area contributed by atoms with Gasteiger partial charge in [-0.3, -0.25) is 4.79 Å². The lowest BCUT2D eigenvalue weighted by Gasteiger charge is -2.20. The SMILES string of the molecule is O=C1COc2cc(S(=O)(=O)NCC3CCCN3)c(Br)cc2N1. The Morgan fingerprint density at radius 2 is 2.23 bits per heavy atom. The Balaban J connectivity index is 1.82. The average Bonchev–Trinajstić information content (AvgIpc) is 2.97. The highest BCUT2D eigenvalue weighted by Crippen LogP contribution is 2.35. The molecular formula is C13H16BrN3O4S. The van der Waals surface area contributed by atoms with Crippen LogP contribution in [0.4, 0.5) is 5.69 Å². The second-order valence-corrected chi connectivity index (χ2v) is 7.85. The molecule has 0 radical (unpaired) electrons. The van der Waals surface area contributed by atoms with E-state index in [2.05, 4.69) is 31.3 Å². The molecule has 2 heterocycles. The van der Waals surface area contributed by atoms with Crippen molar-refractivity contribution in [1.29, 1.82) is 0 Å². The van der Waals surface area contributed by atoms with E-state index in [1.807, 2.05) is 0 Å². The molecule has 0 aliphatic carbocycles. The number of benzene rings is 1. The number of fused-ring (bicyclic) bond motifs is 1. The van der Waals surface area contributed by atoms with Crippen LogP contribution < -0.4 is 20.1 Å². The first kappa shape index (κ1) is 15.7. The predicted octanol–water partition coefficient (Wildman–Crippen LogP) is 0.810. The molecule has 1 unspecified atom stereocenters. The van der Waals surface area contributed by atoms with Crippen LogP contribution in [-0.2, 0) is 14.8 Å². The lowest BCUT2D eigenvalue weighted by molar-refractivity contribution is -0.118. The molecule has 1 atom stereocenters. The smallest absolute Gasteiger partial charge is 0.262 e. The number of halogens is 1. The number of carbonyl (C=O) groups excluding carboxylic acids is 1. The summed E-state index contributed by atoms with van der Waals surface area (Å²) in [6.45, 7) is 1.15. The molecule has 0 saturated carbocycles. The number of amides is 1. The average molecular weight is 390 g/mol. The van der Waals surface area contributed by atoms with Gasteiger partial charge in [0.25, 0.3) is 5.91 Å². The van der Waals surface area contributed by atoms with Crippen molar-refractivity contribution in [2.75, 3.05) is 25.0 Å². The molecule has 2 aliphatic heterocycles. The maximum absolute atomic E-state index is 12.4. The van der Waals surface area contributed by atoms with Crippen molar-refractivity contribution in [3.05, 3.63) is 16.6 Å². The van der Waals surface area contributed by atoms with Gasteiger partial charge < -0.3 is 15.4 Å². The standard InChI is InChI=1S/C13H16BrN3O4S/c14-9-4-10-11(21-7-13(18)17-10)5-12(9)22(19,20)16-6-8-2-1-3-15-8/h4-5,8,15-16H,1-3,6-7H2,(H,17,18).